The molecule has 1 aliphatic rings. The summed E-state index contributed by atoms with van der Waals surface area (Å²) < 4.78 is 2.28. The number of nitrogens with one attached hydrogen (secondary N) is 1. The van der Waals surface area contributed by atoms with E-state index in [2.05, 4.69) is 16.8 Å². The van der Waals surface area contributed by atoms with Crippen molar-refractivity contribution >= 4 is 17.5 Å². The minimum absolute atomic E-state index is 0.0325. The second-order valence-corrected chi connectivity index (χ2v) is 6.07. The fraction of sp³-hybridized carbons (Fsp3) is 0.353. The molecule has 3 nitrogen and oxygen atoms in total. The van der Waals surface area contributed by atoms with E-state index in [0.29, 0.717) is 17.6 Å². The first-order valence-electron chi connectivity index (χ1n) is 7.28. The summed E-state index contributed by atoms with van der Waals surface area (Å²) in [5, 5.41) is 3.64. The van der Waals surface area contributed by atoms with Gasteiger partial charge in [-0.3, -0.25) is 4.79 Å². The van der Waals surface area contributed by atoms with Gasteiger partial charge < -0.3 is 9.88 Å². The minimum Gasteiger partial charge on any atom is -0.348 e. The maximum atomic E-state index is 12.4. The molecule has 1 aliphatic carbocycles. The van der Waals surface area contributed by atoms with E-state index in [1.54, 1.807) is 0 Å². The Balaban J connectivity index is 1.74. The van der Waals surface area contributed by atoms with Crippen LogP contribution >= 0.6 is 11.6 Å². The third-order valence-corrected chi connectivity index (χ3v) is 4.41. The number of carbonyl (C=O) groups excluding carboxylic acids is 1. The van der Waals surface area contributed by atoms with Crippen LogP contribution in [-0.2, 0) is 6.54 Å². The average molecular weight is 303 g/mol. The Bertz CT molecular complexity index is 686. The van der Waals surface area contributed by atoms with Crippen molar-refractivity contribution in [1.29, 1.82) is 0 Å². The van der Waals surface area contributed by atoms with Gasteiger partial charge in [-0.15, -0.1) is 0 Å². The van der Waals surface area contributed by atoms with Crippen LogP contribution in [0, 0.1) is 13.8 Å². The van der Waals surface area contributed by atoms with E-state index in [1.165, 1.54) is 12.8 Å². The van der Waals surface area contributed by atoms with Crippen LogP contribution in [0.15, 0.2) is 30.3 Å². The first kappa shape index (κ1) is 14.2. The van der Waals surface area contributed by atoms with Crippen molar-refractivity contribution in [1.82, 2.24) is 9.88 Å². The summed E-state index contributed by atoms with van der Waals surface area (Å²) in [5.74, 6) is -0.0325. The van der Waals surface area contributed by atoms with Crippen LogP contribution in [0.3, 0.4) is 0 Å². The summed E-state index contributed by atoms with van der Waals surface area (Å²) in [4.78, 5) is 12.4. The predicted molar refractivity (Wildman–Crippen MR) is 84.8 cm³/mol. The molecule has 1 saturated carbocycles. The fourth-order valence-corrected chi connectivity index (χ4v) is 3.02. The topological polar surface area (TPSA) is 34.0 Å². The monoisotopic (exact) mass is 302 g/mol. The van der Waals surface area contributed by atoms with Crippen LogP contribution in [0.4, 0.5) is 0 Å². The van der Waals surface area contributed by atoms with Crippen molar-refractivity contribution in [2.24, 2.45) is 0 Å². The molecule has 1 N–H and O–H groups in total. The number of nitrogens with zero attached hydrogens (tertiary/aromatic N) is 1. The molecule has 0 saturated heterocycles. The van der Waals surface area contributed by atoms with Gasteiger partial charge >= 0.3 is 0 Å². The van der Waals surface area contributed by atoms with E-state index in [9.17, 15) is 4.79 Å². The fourth-order valence-electron chi connectivity index (χ4n) is 2.81. The third-order valence-electron chi connectivity index (χ3n) is 4.04. The van der Waals surface area contributed by atoms with Gasteiger partial charge in [0.1, 0.15) is 0 Å². The highest BCUT2D eigenvalue weighted by Gasteiger charge is 2.28. The summed E-state index contributed by atoms with van der Waals surface area (Å²) in [5.41, 5.74) is 3.93. The van der Waals surface area contributed by atoms with Crippen LogP contribution in [0.2, 0.25) is 5.02 Å². The first-order chi connectivity index (χ1) is 10.1. The summed E-state index contributed by atoms with van der Waals surface area (Å²) in [6.07, 6.45) is 2.44. The highest BCUT2D eigenvalue weighted by atomic mass is 35.5. The van der Waals surface area contributed by atoms with Gasteiger partial charge in [-0.2, -0.15) is 0 Å². The SMILES string of the molecule is Cc1cc(C(=O)NCc2ccccc2Cl)c(C)n1C1CC1. The molecule has 0 radical (unpaired) electrons. The van der Waals surface area contributed by atoms with Crippen molar-refractivity contribution < 1.29 is 4.79 Å². The van der Waals surface area contributed by atoms with Gasteiger partial charge in [-0.1, -0.05) is 29.8 Å². The molecule has 110 valence electrons. The molecule has 2 aromatic rings. The molecule has 3 rings (SSSR count). The lowest BCUT2D eigenvalue weighted by atomic mass is 10.2. The highest BCUT2D eigenvalue weighted by molar-refractivity contribution is 6.31. The van der Waals surface area contributed by atoms with Crippen LogP contribution in [-0.4, -0.2) is 10.5 Å². The van der Waals surface area contributed by atoms with Gasteiger partial charge in [-0.25, -0.2) is 0 Å². The minimum atomic E-state index is -0.0325. The summed E-state index contributed by atoms with van der Waals surface area (Å²) in [6, 6.07) is 10.1. The first-order valence-corrected chi connectivity index (χ1v) is 7.65. The Labute approximate surface area is 129 Å². The van der Waals surface area contributed by atoms with E-state index in [4.69, 9.17) is 11.6 Å². The standard InChI is InChI=1S/C17H19ClN2O/c1-11-9-15(12(2)20(11)14-7-8-14)17(21)19-10-13-5-3-4-6-16(13)18/h3-6,9,14H,7-8,10H2,1-2H3,(H,19,21). The van der Waals surface area contributed by atoms with Crippen LogP contribution in [0.5, 0.6) is 0 Å². The van der Waals surface area contributed by atoms with Crippen molar-refractivity contribution in [3.05, 3.63) is 57.9 Å². The molecule has 0 bridgehead atoms. The molecule has 21 heavy (non-hydrogen) atoms. The van der Waals surface area contributed by atoms with E-state index in [0.717, 1.165) is 22.5 Å². The van der Waals surface area contributed by atoms with Gasteiger partial charge in [0.15, 0.2) is 0 Å². The lowest BCUT2D eigenvalue weighted by Crippen LogP contribution is -2.23. The number of rotatable bonds is 4. The average Bonchev–Trinajstić information content (AvgIpc) is 3.24. The van der Waals surface area contributed by atoms with Crippen molar-refractivity contribution in [3.63, 3.8) is 0 Å². The zero-order valence-electron chi connectivity index (χ0n) is 12.3. The number of hydrogen-bond acceptors (Lipinski definition) is 1. The van der Waals surface area contributed by atoms with Gasteiger partial charge in [0.25, 0.3) is 5.91 Å². The van der Waals surface area contributed by atoms with E-state index < -0.39 is 0 Å². The summed E-state index contributed by atoms with van der Waals surface area (Å²) >= 11 is 6.11. The molecule has 0 spiro atoms. The molecule has 1 heterocycles. The molecular formula is C17H19ClN2O. The van der Waals surface area contributed by atoms with Gasteiger partial charge in [0, 0.05) is 29.0 Å². The molecule has 1 amide bonds. The van der Waals surface area contributed by atoms with Crippen molar-refractivity contribution in [3.8, 4) is 0 Å². The number of amides is 1. The molecule has 1 aromatic carbocycles. The zero-order valence-corrected chi connectivity index (χ0v) is 13.1. The van der Waals surface area contributed by atoms with E-state index in [-0.39, 0.29) is 5.91 Å². The number of hydrogen-bond donors (Lipinski definition) is 1. The summed E-state index contributed by atoms with van der Waals surface area (Å²) in [6.45, 7) is 4.54. The van der Waals surface area contributed by atoms with Gasteiger partial charge in [-0.05, 0) is 44.4 Å². The Morgan fingerprint density at radius 2 is 2.05 bits per heavy atom. The Kier molecular flexibility index (Phi) is 3.77. The maximum absolute atomic E-state index is 12.4. The predicted octanol–water partition coefficient (Wildman–Crippen LogP) is 4.02. The van der Waals surface area contributed by atoms with Crippen molar-refractivity contribution in [2.75, 3.05) is 0 Å². The molecule has 4 heteroatoms. The molecule has 1 aromatic heterocycles. The number of aryl methyl sites for hydroxylation is 1. The summed E-state index contributed by atoms with van der Waals surface area (Å²) in [7, 11) is 0. The van der Waals surface area contributed by atoms with E-state index in [1.807, 2.05) is 37.3 Å². The van der Waals surface area contributed by atoms with Gasteiger partial charge in [0.2, 0.25) is 0 Å². The maximum Gasteiger partial charge on any atom is 0.253 e. The third kappa shape index (κ3) is 2.84. The number of aromatic nitrogens is 1. The highest BCUT2D eigenvalue weighted by Crippen LogP contribution is 2.38. The quantitative estimate of drug-likeness (QED) is 0.909. The molecule has 0 atom stereocenters. The smallest absolute Gasteiger partial charge is 0.253 e. The molecule has 0 unspecified atom stereocenters. The molecule has 0 aliphatic heterocycles. The second-order valence-electron chi connectivity index (χ2n) is 5.66. The number of carbonyl (C=O) groups is 1. The lowest BCUT2D eigenvalue weighted by molar-refractivity contribution is 0.0950. The largest absolute Gasteiger partial charge is 0.348 e. The molecule has 1 fully saturated rings. The van der Waals surface area contributed by atoms with Gasteiger partial charge in [0.05, 0.1) is 5.56 Å². The van der Waals surface area contributed by atoms with Crippen molar-refractivity contribution in [2.45, 2.75) is 39.3 Å². The molecular weight excluding hydrogens is 284 g/mol. The number of halogens is 1. The van der Waals surface area contributed by atoms with Crippen LogP contribution in [0.25, 0.3) is 0 Å². The Morgan fingerprint density at radius 3 is 2.71 bits per heavy atom. The van der Waals surface area contributed by atoms with Crippen LogP contribution < -0.4 is 5.32 Å². The Hall–Kier alpha value is -1.74. The second kappa shape index (κ2) is 5.57. The van der Waals surface area contributed by atoms with E-state index >= 15 is 0 Å². The number of benzene rings is 1. The zero-order chi connectivity index (χ0) is 15.0. The lowest BCUT2D eigenvalue weighted by Gasteiger charge is -2.09. The van der Waals surface area contributed by atoms with Crippen LogP contribution in [0.1, 0.15) is 46.2 Å². The Morgan fingerprint density at radius 1 is 1.33 bits per heavy atom. The normalized spacial score (nSPS) is 14.2.